The molecule has 1 aliphatic heterocycles. The third-order valence-corrected chi connectivity index (χ3v) is 3.80. The van der Waals surface area contributed by atoms with Gasteiger partial charge in [-0.3, -0.25) is 4.79 Å². The first-order valence-corrected chi connectivity index (χ1v) is 7.43. The number of hydrogen-bond acceptors (Lipinski definition) is 2. The maximum absolute atomic E-state index is 11.8. The van der Waals surface area contributed by atoms with Crippen LogP contribution in [0, 0.1) is 0 Å². The van der Waals surface area contributed by atoms with Gasteiger partial charge in [0.1, 0.15) is 0 Å². The van der Waals surface area contributed by atoms with Gasteiger partial charge >= 0.3 is 0 Å². The van der Waals surface area contributed by atoms with E-state index in [1.165, 1.54) is 5.56 Å². The number of benzene rings is 1. The average Bonchev–Trinajstić information content (AvgIpc) is 2.57. The standard InChI is InChI=1S/C19H22N2O/c1-4-14(17(5-2)19(22)20-3)10-12-16-13-11-15-8-6-7-9-18(15)21-16/h4-9,11,13,16,21H,1-2,10,12H2,3H3,(H,20,22)/b17-14-. The maximum atomic E-state index is 11.8. The summed E-state index contributed by atoms with van der Waals surface area (Å²) >= 11 is 0. The second-order valence-electron chi connectivity index (χ2n) is 5.16. The van der Waals surface area contributed by atoms with E-state index in [4.69, 9.17) is 0 Å². The van der Waals surface area contributed by atoms with Crippen LogP contribution in [0.5, 0.6) is 0 Å². The van der Waals surface area contributed by atoms with Crippen molar-refractivity contribution in [3.05, 3.63) is 72.4 Å². The van der Waals surface area contributed by atoms with Gasteiger partial charge in [-0.2, -0.15) is 0 Å². The Kier molecular flexibility index (Phi) is 5.37. The van der Waals surface area contributed by atoms with Crippen LogP contribution in [-0.4, -0.2) is 19.0 Å². The number of likely N-dealkylation sites (N-methyl/N-ethyl adjacent to an activating group) is 1. The predicted molar refractivity (Wildman–Crippen MR) is 93.6 cm³/mol. The second-order valence-corrected chi connectivity index (χ2v) is 5.16. The fraction of sp³-hybridized carbons (Fsp3) is 0.211. The zero-order valence-electron chi connectivity index (χ0n) is 12.9. The van der Waals surface area contributed by atoms with Gasteiger partial charge < -0.3 is 10.6 Å². The Morgan fingerprint density at radius 2 is 2.09 bits per heavy atom. The van der Waals surface area contributed by atoms with Crippen LogP contribution in [0.2, 0.25) is 0 Å². The first-order chi connectivity index (χ1) is 10.7. The topological polar surface area (TPSA) is 41.1 Å². The SMILES string of the molecule is C=C/C(CCC1C=Cc2ccccc2N1)=C(\C=C)C(=O)NC. The zero-order chi connectivity index (χ0) is 15.9. The van der Waals surface area contributed by atoms with Crippen LogP contribution in [0.4, 0.5) is 5.69 Å². The number of para-hydroxylation sites is 1. The normalized spacial score (nSPS) is 16.9. The molecule has 1 atom stereocenters. The van der Waals surface area contributed by atoms with Crippen molar-refractivity contribution in [2.24, 2.45) is 0 Å². The summed E-state index contributed by atoms with van der Waals surface area (Å²) in [6.45, 7) is 7.55. The summed E-state index contributed by atoms with van der Waals surface area (Å²) in [5.41, 5.74) is 3.87. The van der Waals surface area contributed by atoms with E-state index in [0.717, 1.165) is 24.1 Å². The Hall–Kier alpha value is -2.55. The summed E-state index contributed by atoms with van der Waals surface area (Å²) < 4.78 is 0. The van der Waals surface area contributed by atoms with Crippen LogP contribution in [-0.2, 0) is 4.79 Å². The Morgan fingerprint density at radius 3 is 2.77 bits per heavy atom. The summed E-state index contributed by atoms with van der Waals surface area (Å²) in [6.07, 6.45) is 9.29. The summed E-state index contributed by atoms with van der Waals surface area (Å²) in [6, 6.07) is 8.48. The number of amides is 1. The highest BCUT2D eigenvalue weighted by atomic mass is 16.1. The molecule has 0 aromatic heterocycles. The van der Waals surface area contributed by atoms with Crippen molar-refractivity contribution in [3.63, 3.8) is 0 Å². The van der Waals surface area contributed by atoms with Gasteiger partial charge in [-0.25, -0.2) is 0 Å². The number of carbonyl (C=O) groups excluding carboxylic acids is 1. The molecule has 2 rings (SSSR count). The Balaban J connectivity index is 2.06. The van der Waals surface area contributed by atoms with Crippen LogP contribution in [0.25, 0.3) is 6.08 Å². The number of anilines is 1. The molecule has 0 saturated heterocycles. The van der Waals surface area contributed by atoms with Crippen molar-refractivity contribution in [1.82, 2.24) is 5.32 Å². The lowest BCUT2D eigenvalue weighted by atomic mass is 9.97. The van der Waals surface area contributed by atoms with Gasteiger partial charge in [-0.1, -0.05) is 55.7 Å². The molecule has 2 N–H and O–H groups in total. The maximum Gasteiger partial charge on any atom is 0.251 e. The Morgan fingerprint density at radius 1 is 1.32 bits per heavy atom. The number of nitrogens with one attached hydrogen (secondary N) is 2. The van der Waals surface area contributed by atoms with Crippen molar-refractivity contribution in [2.75, 3.05) is 12.4 Å². The molecular formula is C19H22N2O. The van der Waals surface area contributed by atoms with Gasteiger partial charge in [0.15, 0.2) is 0 Å². The van der Waals surface area contributed by atoms with Gasteiger partial charge in [-0.05, 0) is 30.0 Å². The number of carbonyl (C=O) groups is 1. The van der Waals surface area contributed by atoms with Crippen molar-refractivity contribution < 1.29 is 4.79 Å². The zero-order valence-corrected chi connectivity index (χ0v) is 12.9. The molecular weight excluding hydrogens is 272 g/mol. The molecule has 22 heavy (non-hydrogen) atoms. The van der Waals surface area contributed by atoms with Crippen LogP contribution >= 0.6 is 0 Å². The van der Waals surface area contributed by atoms with E-state index in [2.05, 4.69) is 48.1 Å². The number of allylic oxidation sites excluding steroid dienone is 2. The van der Waals surface area contributed by atoms with Crippen molar-refractivity contribution >= 4 is 17.7 Å². The van der Waals surface area contributed by atoms with Gasteiger partial charge in [-0.15, -0.1) is 0 Å². The molecule has 1 aliphatic rings. The lowest BCUT2D eigenvalue weighted by Crippen LogP contribution is -2.22. The van der Waals surface area contributed by atoms with Gasteiger partial charge in [0, 0.05) is 24.4 Å². The summed E-state index contributed by atoms with van der Waals surface area (Å²) in [5, 5.41) is 6.14. The van der Waals surface area contributed by atoms with E-state index >= 15 is 0 Å². The Labute approximate surface area is 132 Å². The van der Waals surface area contributed by atoms with Gasteiger partial charge in [0.05, 0.1) is 0 Å². The Bertz CT molecular complexity index is 641. The van der Waals surface area contributed by atoms with E-state index in [1.54, 1.807) is 19.2 Å². The van der Waals surface area contributed by atoms with E-state index in [-0.39, 0.29) is 11.9 Å². The highest BCUT2D eigenvalue weighted by Gasteiger charge is 2.14. The first kappa shape index (κ1) is 15.8. The van der Waals surface area contributed by atoms with Crippen molar-refractivity contribution in [3.8, 4) is 0 Å². The van der Waals surface area contributed by atoms with E-state index < -0.39 is 0 Å². The van der Waals surface area contributed by atoms with Crippen LogP contribution in [0.15, 0.2) is 66.8 Å². The minimum Gasteiger partial charge on any atom is -0.378 e. The third-order valence-electron chi connectivity index (χ3n) is 3.80. The minimum atomic E-state index is -0.123. The molecule has 3 nitrogen and oxygen atoms in total. The predicted octanol–water partition coefficient (Wildman–Crippen LogP) is 3.69. The molecule has 0 saturated carbocycles. The average molecular weight is 294 g/mol. The molecule has 0 bridgehead atoms. The lowest BCUT2D eigenvalue weighted by Gasteiger charge is -2.22. The molecule has 0 radical (unpaired) electrons. The van der Waals surface area contributed by atoms with E-state index in [9.17, 15) is 4.79 Å². The number of hydrogen-bond donors (Lipinski definition) is 2. The molecule has 1 heterocycles. The van der Waals surface area contributed by atoms with Gasteiger partial charge in [0.2, 0.25) is 0 Å². The smallest absolute Gasteiger partial charge is 0.251 e. The van der Waals surface area contributed by atoms with E-state index in [1.807, 2.05) is 12.1 Å². The summed E-state index contributed by atoms with van der Waals surface area (Å²) in [7, 11) is 1.62. The largest absolute Gasteiger partial charge is 0.378 e. The van der Waals surface area contributed by atoms with Crippen LogP contribution < -0.4 is 10.6 Å². The molecule has 1 amide bonds. The molecule has 3 heteroatoms. The molecule has 1 unspecified atom stereocenters. The monoisotopic (exact) mass is 294 g/mol. The highest BCUT2D eigenvalue weighted by Crippen LogP contribution is 2.25. The van der Waals surface area contributed by atoms with Crippen molar-refractivity contribution in [2.45, 2.75) is 18.9 Å². The lowest BCUT2D eigenvalue weighted by molar-refractivity contribution is -0.116. The van der Waals surface area contributed by atoms with E-state index in [0.29, 0.717) is 5.57 Å². The molecule has 0 spiro atoms. The molecule has 1 aromatic carbocycles. The number of fused-ring (bicyclic) bond motifs is 1. The molecule has 1 aromatic rings. The fourth-order valence-electron chi connectivity index (χ4n) is 2.57. The highest BCUT2D eigenvalue weighted by molar-refractivity contribution is 5.97. The fourth-order valence-corrected chi connectivity index (χ4v) is 2.57. The van der Waals surface area contributed by atoms with Gasteiger partial charge in [0.25, 0.3) is 5.91 Å². The van der Waals surface area contributed by atoms with Crippen LogP contribution in [0.1, 0.15) is 18.4 Å². The quantitative estimate of drug-likeness (QED) is 0.620. The molecule has 0 aliphatic carbocycles. The minimum absolute atomic E-state index is 0.123. The van der Waals surface area contributed by atoms with Crippen molar-refractivity contribution in [1.29, 1.82) is 0 Å². The summed E-state index contributed by atoms with van der Waals surface area (Å²) in [5.74, 6) is -0.123. The molecule has 0 fully saturated rings. The first-order valence-electron chi connectivity index (χ1n) is 7.43. The summed E-state index contributed by atoms with van der Waals surface area (Å²) in [4.78, 5) is 11.8. The van der Waals surface area contributed by atoms with Crippen LogP contribution in [0.3, 0.4) is 0 Å². The molecule has 114 valence electrons. The number of rotatable bonds is 6. The third kappa shape index (κ3) is 3.55. The second kappa shape index (κ2) is 7.46.